The van der Waals surface area contributed by atoms with E-state index in [1.807, 2.05) is 0 Å². The van der Waals surface area contributed by atoms with Crippen LogP contribution in [0.1, 0.15) is 11.3 Å². The van der Waals surface area contributed by atoms with Gasteiger partial charge in [0.2, 0.25) is 0 Å². The second-order valence-corrected chi connectivity index (χ2v) is 3.39. The molecule has 0 unspecified atom stereocenters. The molecule has 2 aromatic rings. The Bertz CT molecular complexity index is 454. The van der Waals surface area contributed by atoms with Crippen LogP contribution in [0.2, 0.25) is 0 Å². The number of aromatic nitrogens is 2. The average molecular weight is 223 g/mol. The number of nitrogens with zero attached hydrogens (tertiary/aromatic N) is 1. The molecule has 0 radical (unpaired) electrons. The summed E-state index contributed by atoms with van der Waals surface area (Å²) in [4.78, 5) is 6.76. The van der Waals surface area contributed by atoms with Crippen molar-refractivity contribution in [2.75, 3.05) is 0 Å². The molecule has 0 fully saturated rings. The molecule has 0 amide bonds. The minimum absolute atomic E-state index is 0.280. The number of halogens is 2. The number of hydrogen-bond acceptors (Lipinski definition) is 2. The van der Waals surface area contributed by atoms with Crippen LogP contribution in [0.3, 0.4) is 0 Å². The molecule has 3 nitrogen and oxygen atoms in total. The Hall–Kier alpha value is -1.75. The monoisotopic (exact) mass is 223 g/mol. The van der Waals surface area contributed by atoms with Gasteiger partial charge in [-0.1, -0.05) is 12.1 Å². The van der Waals surface area contributed by atoms with Gasteiger partial charge in [-0.25, -0.2) is 13.8 Å². The van der Waals surface area contributed by atoms with Crippen molar-refractivity contribution in [2.24, 2.45) is 0 Å². The van der Waals surface area contributed by atoms with Gasteiger partial charge in [0, 0.05) is 30.5 Å². The van der Waals surface area contributed by atoms with Gasteiger partial charge in [-0.3, -0.25) is 0 Å². The lowest BCUT2D eigenvalue weighted by atomic mass is 10.2. The highest BCUT2D eigenvalue weighted by Crippen LogP contribution is 2.10. The summed E-state index contributed by atoms with van der Waals surface area (Å²) < 4.78 is 26.1. The van der Waals surface area contributed by atoms with Gasteiger partial charge in [0.15, 0.2) is 11.6 Å². The van der Waals surface area contributed by atoms with E-state index in [2.05, 4.69) is 15.3 Å². The van der Waals surface area contributed by atoms with Crippen LogP contribution in [0, 0.1) is 11.6 Å². The number of rotatable bonds is 4. The molecular formula is C11H11F2N3. The molecule has 2 N–H and O–H groups in total. The van der Waals surface area contributed by atoms with Crippen molar-refractivity contribution in [1.29, 1.82) is 0 Å². The maximum atomic E-state index is 13.2. The number of nitrogens with one attached hydrogen (secondary N) is 2. The second kappa shape index (κ2) is 4.85. The van der Waals surface area contributed by atoms with E-state index in [1.165, 1.54) is 6.07 Å². The van der Waals surface area contributed by atoms with Crippen LogP contribution in [0.15, 0.2) is 30.7 Å². The normalized spacial score (nSPS) is 10.6. The fourth-order valence-corrected chi connectivity index (χ4v) is 1.40. The van der Waals surface area contributed by atoms with Gasteiger partial charge in [0.25, 0.3) is 0 Å². The smallest absolute Gasteiger partial charge is 0.163 e. The molecule has 1 aromatic carbocycles. The molecule has 1 aromatic heterocycles. The van der Waals surface area contributed by atoms with Crippen molar-refractivity contribution in [1.82, 2.24) is 15.3 Å². The topological polar surface area (TPSA) is 40.7 Å². The van der Waals surface area contributed by atoms with Crippen LogP contribution in [0.25, 0.3) is 0 Å². The van der Waals surface area contributed by atoms with Crippen molar-refractivity contribution < 1.29 is 8.78 Å². The summed E-state index contributed by atoms with van der Waals surface area (Å²) in [5, 5.41) is 2.99. The number of hydrogen-bond donors (Lipinski definition) is 2. The molecule has 0 saturated heterocycles. The van der Waals surface area contributed by atoms with Gasteiger partial charge < -0.3 is 10.3 Å². The highest BCUT2D eigenvalue weighted by molar-refractivity contribution is 5.18. The predicted octanol–water partition coefficient (Wildman–Crippen LogP) is 1.98. The van der Waals surface area contributed by atoms with Crippen molar-refractivity contribution in [2.45, 2.75) is 13.1 Å². The molecule has 5 heteroatoms. The van der Waals surface area contributed by atoms with Crippen LogP contribution < -0.4 is 5.32 Å². The second-order valence-electron chi connectivity index (χ2n) is 3.39. The van der Waals surface area contributed by atoms with Crippen LogP contribution in [0.4, 0.5) is 8.78 Å². The Morgan fingerprint density at radius 2 is 2.12 bits per heavy atom. The zero-order chi connectivity index (χ0) is 11.4. The summed E-state index contributed by atoms with van der Waals surface area (Å²) in [5.41, 5.74) is 1.22. The molecule has 0 atom stereocenters. The Morgan fingerprint density at radius 1 is 1.25 bits per heavy atom. The molecule has 0 aliphatic rings. The lowest BCUT2D eigenvalue weighted by molar-refractivity contribution is 0.492. The minimum Gasteiger partial charge on any atom is -0.347 e. The molecule has 16 heavy (non-hydrogen) atoms. The highest BCUT2D eigenvalue weighted by Gasteiger charge is 2.06. The molecule has 0 spiro atoms. The van der Waals surface area contributed by atoms with Gasteiger partial charge in [-0.2, -0.15) is 0 Å². The molecule has 0 aliphatic carbocycles. The summed E-state index contributed by atoms with van der Waals surface area (Å²) in [6, 6.07) is 4.15. The zero-order valence-corrected chi connectivity index (χ0v) is 8.50. The standard InChI is InChI=1S/C11H11F2N3/c12-10-3-1-2-8(11(10)13)4-14-5-9-6-15-7-16-9/h1-3,6-7,14H,4-5H2,(H,15,16). The SMILES string of the molecule is Fc1cccc(CNCc2cnc[nH]2)c1F. The molecule has 0 bridgehead atoms. The third-order valence-corrected chi connectivity index (χ3v) is 2.22. The van der Waals surface area contributed by atoms with Crippen LogP contribution >= 0.6 is 0 Å². The first kappa shape index (κ1) is 10.8. The maximum Gasteiger partial charge on any atom is 0.163 e. The number of benzene rings is 1. The Labute approximate surface area is 91.5 Å². The fraction of sp³-hybridized carbons (Fsp3) is 0.182. The van der Waals surface area contributed by atoms with E-state index in [0.717, 1.165) is 11.8 Å². The lowest BCUT2D eigenvalue weighted by Gasteiger charge is -2.05. The van der Waals surface area contributed by atoms with E-state index in [-0.39, 0.29) is 6.54 Å². The molecular weight excluding hydrogens is 212 g/mol. The van der Waals surface area contributed by atoms with E-state index in [9.17, 15) is 8.78 Å². The summed E-state index contributed by atoms with van der Waals surface area (Å²) in [5.74, 6) is -1.61. The van der Waals surface area contributed by atoms with Crippen LogP contribution in [0.5, 0.6) is 0 Å². The zero-order valence-electron chi connectivity index (χ0n) is 8.50. The first-order valence-corrected chi connectivity index (χ1v) is 4.88. The van der Waals surface area contributed by atoms with Gasteiger partial charge in [-0.05, 0) is 6.07 Å². The predicted molar refractivity (Wildman–Crippen MR) is 55.5 cm³/mol. The largest absolute Gasteiger partial charge is 0.347 e. The number of aromatic amines is 1. The van der Waals surface area contributed by atoms with Crippen molar-refractivity contribution in [3.05, 3.63) is 53.6 Å². The highest BCUT2D eigenvalue weighted by atomic mass is 19.2. The van der Waals surface area contributed by atoms with Crippen LogP contribution in [-0.2, 0) is 13.1 Å². The van der Waals surface area contributed by atoms with Gasteiger partial charge >= 0.3 is 0 Å². The Morgan fingerprint density at radius 3 is 2.88 bits per heavy atom. The Kier molecular flexibility index (Phi) is 3.26. The van der Waals surface area contributed by atoms with Crippen molar-refractivity contribution in [3.63, 3.8) is 0 Å². The third-order valence-electron chi connectivity index (χ3n) is 2.22. The van der Waals surface area contributed by atoms with E-state index in [1.54, 1.807) is 18.6 Å². The summed E-state index contributed by atoms with van der Waals surface area (Å²) in [7, 11) is 0. The van der Waals surface area contributed by atoms with E-state index in [4.69, 9.17) is 0 Å². The van der Waals surface area contributed by atoms with E-state index in [0.29, 0.717) is 12.1 Å². The Balaban J connectivity index is 1.92. The molecule has 1 heterocycles. The minimum atomic E-state index is -0.819. The summed E-state index contributed by atoms with van der Waals surface area (Å²) in [6.45, 7) is 0.818. The fourth-order valence-electron chi connectivity index (χ4n) is 1.40. The van der Waals surface area contributed by atoms with E-state index < -0.39 is 11.6 Å². The van der Waals surface area contributed by atoms with Crippen molar-refractivity contribution in [3.8, 4) is 0 Å². The van der Waals surface area contributed by atoms with E-state index >= 15 is 0 Å². The number of imidazole rings is 1. The average Bonchev–Trinajstić information content (AvgIpc) is 2.77. The summed E-state index contributed by atoms with van der Waals surface area (Å²) >= 11 is 0. The molecule has 0 saturated carbocycles. The summed E-state index contributed by atoms with van der Waals surface area (Å²) in [6.07, 6.45) is 3.24. The lowest BCUT2D eigenvalue weighted by Crippen LogP contribution is -2.14. The molecule has 0 aliphatic heterocycles. The molecule has 2 rings (SSSR count). The molecule has 84 valence electrons. The first-order chi connectivity index (χ1) is 7.77. The van der Waals surface area contributed by atoms with Crippen molar-refractivity contribution >= 4 is 0 Å². The maximum absolute atomic E-state index is 13.2. The van der Waals surface area contributed by atoms with Gasteiger partial charge in [0.05, 0.1) is 6.33 Å². The van der Waals surface area contributed by atoms with Crippen LogP contribution in [-0.4, -0.2) is 9.97 Å². The quantitative estimate of drug-likeness (QED) is 0.832. The third kappa shape index (κ3) is 2.43. The first-order valence-electron chi connectivity index (χ1n) is 4.88. The van der Waals surface area contributed by atoms with Gasteiger partial charge in [-0.15, -0.1) is 0 Å². The van der Waals surface area contributed by atoms with Gasteiger partial charge in [0.1, 0.15) is 0 Å². The number of H-pyrrole nitrogens is 1.